The van der Waals surface area contributed by atoms with Gasteiger partial charge >= 0.3 is 0 Å². The van der Waals surface area contributed by atoms with Crippen LogP contribution in [0.5, 0.6) is 0 Å². The Labute approximate surface area is 493 Å². The molecule has 1 amide bonds. The average molecular weight is 1120 g/mol. The molecule has 7 atom stereocenters. The summed E-state index contributed by atoms with van der Waals surface area (Å²) in [5, 5.41) is 54.7. The summed E-state index contributed by atoms with van der Waals surface area (Å²) in [6.45, 7) is 3.70. The van der Waals surface area contributed by atoms with Crippen LogP contribution >= 0.6 is 0 Å². The summed E-state index contributed by atoms with van der Waals surface area (Å²) in [5.74, 6) is -0.172. The lowest BCUT2D eigenvalue weighted by molar-refractivity contribution is -0.302. The molecule has 1 heterocycles. The highest BCUT2D eigenvalue weighted by Crippen LogP contribution is 2.23. The van der Waals surface area contributed by atoms with Crippen LogP contribution in [0.25, 0.3) is 0 Å². The Morgan fingerprint density at radius 3 is 1.15 bits per heavy atom. The average Bonchev–Trinajstić information content (AvgIpc) is 3.46. The van der Waals surface area contributed by atoms with Gasteiger partial charge in [-0.2, -0.15) is 0 Å². The number of carbonyl (C=O) groups is 1. The first-order chi connectivity index (χ1) is 39.3. The molecule has 6 N–H and O–H groups in total. The van der Waals surface area contributed by atoms with Crippen molar-refractivity contribution in [3.05, 3.63) is 72.9 Å². The summed E-state index contributed by atoms with van der Waals surface area (Å²) in [7, 11) is 0. The van der Waals surface area contributed by atoms with Crippen LogP contribution in [-0.4, -0.2) is 87.5 Å². The molecule has 0 bridgehead atoms. The normalized spacial score (nSPS) is 18.9. The monoisotopic (exact) mass is 1120 g/mol. The largest absolute Gasteiger partial charge is 0.394 e. The van der Waals surface area contributed by atoms with Gasteiger partial charge in [0.2, 0.25) is 5.91 Å². The van der Waals surface area contributed by atoms with Crippen LogP contribution in [0.3, 0.4) is 0 Å². The number of nitrogens with one attached hydrogen (secondary N) is 1. The van der Waals surface area contributed by atoms with Crippen molar-refractivity contribution in [1.82, 2.24) is 5.32 Å². The van der Waals surface area contributed by atoms with Gasteiger partial charge in [-0.3, -0.25) is 4.79 Å². The minimum absolute atomic E-state index is 0.172. The zero-order valence-electron chi connectivity index (χ0n) is 52.1. The van der Waals surface area contributed by atoms with E-state index in [-0.39, 0.29) is 12.5 Å². The van der Waals surface area contributed by atoms with Gasteiger partial charge in [-0.25, -0.2) is 0 Å². The molecule has 1 fully saturated rings. The van der Waals surface area contributed by atoms with Crippen LogP contribution in [0.1, 0.15) is 316 Å². The molecule has 9 nitrogen and oxygen atoms in total. The van der Waals surface area contributed by atoms with E-state index in [9.17, 15) is 30.3 Å². The molecule has 0 aromatic rings. The van der Waals surface area contributed by atoms with Gasteiger partial charge in [0, 0.05) is 6.42 Å². The minimum Gasteiger partial charge on any atom is -0.394 e. The maximum Gasteiger partial charge on any atom is 0.220 e. The second kappa shape index (κ2) is 59.8. The number of rotatable bonds is 59. The Morgan fingerprint density at radius 2 is 0.775 bits per heavy atom. The molecule has 0 aliphatic carbocycles. The highest BCUT2D eigenvalue weighted by atomic mass is 16.7. The van der Waals surface area contributed by atoms with Gasteiger partial charge in [0.05, 0.1) is 25.4 Å². The summed E-state index contributed by atoms with van der Waals surface area (Å²) < 4.78 is 11.3. The van der Waals surface area contributed by atoms with Crippen LogP contribution in [0, 0.1) is 0 Å². The number of aliphatic hydroxyl groups excluding tert-OH is 5. The van der Waals surface area contributed by atoms with Crippen molar-refractivity contribution in [3.63, 3.8) is 0 Å². The summed E-state index contributed by atoms with van der Waals surface area (Å²) in [5.41, 5.74) is 0. The number of allylic oxidation sites excluding steroid dienone is 11. The Kier molecular flexibility index (Phi) is 56.5. The molecule has 1 aliphatic heterocycles. The standard InChI is InChI=1S/C71H129NO8/c1-3-5-7-9-11-13-15-17-19-21-23-24-25-26-27-28-29-30-31-32-33-34-35-36-37-38-39-40-41-42-43-45-47-49-51-53-55-57-59-61-67(75)72-64(63-79-71-70(78)69(77)68(76)66(62-73)80-71)65(74)60-58-56-54-52-50-48-46-44-22-20-18-16-14-12-10-8-6-4-2/h5,7,11,13,17,19,23-24,26-27,58,60,64-66,68-71,73-74,76-78H,3-4,6,8-10,12,14-16,18,20-22,25,28-57,59,61-63H2,1-2H3,(H,72,75)/b7-5-,13-11-,19-17-,24-23-,27-26-,60-58+. The fourth-order valence-electron chi connectivity index (χ4n) is 10.7. The van der Waals surface area contributed by atoms with Crippen LogP contribution < -0.4 is 5.32 Å². The maximum absolute atomic E-state index is 13.1. The van der Waals surface area contributed by atoms with Gasteiger partial charge in [-0.15, -0.1) is 0 Å². The summed E-state index contributed by atoms with van der Waals surface area (Å²) >= 11 is 0. The molecule has 466 valence electrons. The third-order valence-corrected chi connectivity index (χ3v) is 16.0. The molecule has 9 heteroatoms. The zero-order chi connectivity index (χ0) is 57.9. The number of carbonyl (C=O) groups excluding carboxylic acids is 1. The van der Waals surface area contributed by atoms with Crippen molar-refractivity contribution < 1.29 is 39.8 Å². The number of hydrogen-bond acceptors (Lipinski definition) is 8. The predicted octanol–water partition coefficient (Wildman–Crippen LogP) is 18.4. The Bertz CT molecular complexity index is 1490. The van der Waals surface area contributed by atoms with E-state index in [1.165, 1.54) is 225 Å². The van der Waals surface area contributed by atoms with Gasteiger partial charge in [0.1, 0.15) is 24.4 Å². The predicted molar refractivity (Wildman–Crippen MR) is 341 cm³/mol. The van der Waals surface area contributed by atoms with Crippen molar-refractivity contribution in [1.29, 1.82) is 0 Å². The van der Waals surface area contributed by atoms with Crippen LogP contribution in [0.4, 0.5) is 0 Å². The van der Waals surface area contributed by atoms with Gasteiger partial charge in [-0.1, -0.05) is 318 Å². The first kappa shape index (κ1) is 75.6. The quantitative estimate of drug-likeness (QED) is 0.0261. The molecule has 1 rings (SSSR count). The maximum atomic E-state index is 13.1. The third-order valence-electron chi connectivity index (χ3n) is 16.0. The molecule has 0 spiro atoms. The van der Waals surface area contributed by atoms with Crippen molar-refractivity contribution in [2.24, 2.45) is 0 Å². The van der Waals surface area contributed by atoms with Crippen LogP contribution in [0.15, 0.2) is 72.9 Å². The molecule has 0 aromatic heterocycles. The molecule has 0 aromatic carbocycles. The van der Waals surface area contributed by atoms with E-state index in [0.29, 0.717) is 6.42 Å². The lowest BCUT2D eigenvalue weighted by atomic mass is 9.99. The lowest BCUT2D eigenvalue weighted by Crippen LogP contribution is -2.60. The molecule has 1 saturated heterocycles. The topological polar surface area (TPSA) is 149 Å². The Balaban J connectivity index is 2.07. The van der Waals surface area contributed by atoms with Crippen molar-refractivity contribution in [2.45, 2.75) is 358 Å². The smallest absolute Gasteiger partial charge is 0.220 e. The van der Waals surface area contributed by atoms with Crippen molar-refractivity contribution in [2.75, 3.05) is 13.2 Å². The number of ether oxygens (including phenoxy) is 2. The van der Waals surface area contributed by atoms with Gasteiger partial charge < -0.3 is 40.3 Å². The molecule has 0 radical (unpaired) electrons. The molecular weight excluding hydrogens is 995 g/mol. The fraction of sp³-hybridized carbons (Fsp3) is 0.817. The lowest BCUT2D eigenvalue weighted by Gasteiger charge is -2.40. The van der Waals surface area contributed by atoms with Gasteiger partial charge in [0.15, 0.2) is 6.29 Å². The Hall–Kier alpha value is -2.37. The van der Waals surface area contributed by atoms with Crippen molar-refractivity contribution >= 4 is 5.91 Å². The number of aliphatic hydroxyl groups is 5. The fourth-order valence-corrected chi connectivity index (χ4v) is 10.7. The molecule has 0 saturated carbocycles. The minimum atomic E-state index is -1.57. The number of unbranched alkanes of at least 4 members (excludes halogenated alkanes) is 39. The second-order valence-electron chi connectivity index (χ2n) is 23.6. The number of hydrogen-bond donors (Lipinski definition) is 6. The van der Waals surface area contributed by atoms with E-state index in [1.807, 2.05) is 6.08 Å². The van der Waals surface area contributed by atoms with E-state index < -0.39 is 49.5 Å². The molecule has 7 unspecified atom stereocenters. The SMILES string of the molecule is CC/C=C\C/C=C\C/C=C\C/C=C\C/C=C\CCCCCCCCCCCCCCCCCCCCCCCCCC(=O)NC(COC1OC(CO)C(O)C(O)C1O)C(O)/C=C/CCCCCCCCCCCCCCCCCC. The van der Waals surface area contributed by atoms with E-state index in [4.69, 9.17) is 9.47 Å². The summed E-state index contributed by atoms with van der Waals surface area (Å²) in [4.78, 5) is 13.1. The third kappa shape index (κ3) is 48.0. The first-order valence-electron chi connectivity index (χ1n) is 34.2. The first-order valence-corrected chi connectivity index (χ1v) is 34.2. The molecule has 80 heavy (non-hydrogen) atoms. The summed E-state index contributed by atoms with van der Waals surface area (Å²) in [6, 6.07) is -0.805. The van der Waals surface area contributed by atoms with E-state index in [2.05, 4.69) is 79.9 Å². The van der Waals surface area contributed by atoms with Crippen LogP contribution in [0.2, 0.25) is 0 Å². The second-order valence-corrected chi connectivity index (χ2v) is 23.6. The van der Waals surface area contributed by atoms with E-state index in [0.717, 1.165) is 70.6 Å². The molecule has 1 aliphatic rings. The summed E-state index contributed by atoms with van der Waals surface area (Å²) in [6.07, 6.45) is 77.2. The van der Waals surface area contributed by atoms with Crippen LogP contribution in [-0.2, 0) is 14.3 Å². The Morgan fingerprint density at radius 1 is 0.438 bits per heavy atom. The van der Waals surface area contributed by atoms with E-state index >= 15 is 0 Å². The zero-order valence-corrected chi connectivity index (χ0v) is 52.1. The van der Waals surface area contributed by atoms with Crippen molar-refractivity contribution in [3.8, 4) is 0 Å². The molecular formula is C71H129NO8. The number of amides is 1. The van der Waals surface area contributed by atoms with E-state index in [1.54, 1.807) is 6.08 Å². The van der Waals surface area contributed by atoms with Gasteiger partial charge in [-0.05, 0) is 64.2 Å². The van der Waals surface area contributed by atoms with Gasteiger partial charge in [0.25, 0.3) is 0 Å². The highest BCUT2D eigenvalue weighted by Gasteiger charge is 2.44. The highest BCUT2D eigenvalue weighted by molar-refractivity contribution is 5.76.